The van der Waals surface area contributed by atoms with E-state index in [1.165, 1.54) is 24.1 Å². The molecule has 0 aromatic carbocycles. The van der Waals surface area contributed by atoms with Crippen LogP contribution in [0, 0.1) is 5.92 Å². The minimum Gasteiger partial charge on any atom is -0.362 e. The fraction of sp³-hybridized carbons (Fsp3) is 0.733. The van der Waals surface area contributed by atoms with E-state index in [1.807, 2.05) is 0 Å². The Labute approximate surface area is 121 Å². The summed E-state index contributed by atoms with van der Waals surface area (Å²) in [5, 5.41) is 3.42. The molecule has 0 atom stereocenters. The average molecular weight is 275 g/mol. The molecule has 0 unspecified atom stereocenters. The van der Waals surface area contributed by atoms with Gasteiger partial charge in [-0.25, -0.2) is 4.98 Å². The molecule has 1 N–H and O–H groups in total. The minimum absolute atomic E-state index is 0.835. The molecule has 0 saturated carbocycles. The zero-order valence-corrected chi connectivity index (χ0v) is 12.8. The molecule has 2 aliphatic rings. The molecule has 5 nitrogen and oxygen atoms in total. The smallest absolute Gasteiger partial charge is 0.227 e. The summed E-state index contributed by atoms with van der Waals surface area (Å²) >= 11 is 0. The van der Waals surface area contributed by atoms with Crippen molar-refractivity contribution in [2.24, 2.45) is 5.92 Å². The second kappa shape index (κ2) is 5.56. The zero-order chi connectivity index (χ0) is 14.1. The van der Waals surface area contributed by atoms with Crippen molar-refractivity contribution < 1.29 is 0 Å². The van der Waals surface area contributed by atoms with E-state index in [1.54, 1.807) is 0 Å². The second-order valence-corrected chi connectivity index (χ2v) is 6.26. The Morgan fingerprint density at radius 1 is 1.20 bits per heavy atom. The highest BCUT2D eigenvalue weighted by molar-refractivity contribution is 5.53. The Hall–Kier alpha value is -1.36. The molecule has 5 heteroatoms. The van der Waals surface area contributed by atoms with Crippen LogP contribution in [-0.2, 0) is 13.0 Å². The molecule has 1 aromatic rings. The molecule has 3 rings (SSSR count). The summed E-state index contributed by atoms with van der Waals surface area (Å²) < 4.78 is 0. The molecule has 0 radical (unpaired) electrons. The summed E-state index contributed by atoms with van der Waals surface area (Å²) in [4.78, 5) is 14.2. The summed E-state index contributed by atoms with van der Waals surface area (Å²) in [5.41, 5.74) is 2.51. The molecule has 0 aliphatic carbocycles. The van der Waals surface area contributed by atoms with Crippen molar-refractivity contribution in [2.75, 3.05) is 43.5 Å². The van der Waals surface area contributed by atoms with Gasteiger partial charge in [-0.05, 0) is 18.8 Å². The Kier molecular flexibility index (Phi) is 3.78. The molecule has 1 saturated heterocycles. The lowest BCUT2D eigenvalue weighted by Gasteiger charge is -2.32. The van der Waals surface area contributed by atoms with Gasteiger partial charge in [-0.3, -0.25) is 0 Å². The molecule has 2 aliphatic heterocycles. The van der Waals surface area contributed by atoms with E-state index >= 15 is 0 Å². The lowest BCUT2D eigenvalue weighted by atomic mass is 9.99. The van der Waals surface area contributed by atoms with Crippen molar-refractivity contribution in [3.63, 3.8) is 0 Å². The maximum Gasteiger partial charge on any atom is 0.227 e. The van der Waals surface area contributed by atoms with Crippen LogP contribution in [0.25, 0.3) is 0 Å². The second-order valence-electron chi connectivity index (χ2n) is 6.26. The van der Waals surface area contributed by atoms with Crippen LogP contribution in [-0.4, -0.2) is 43.7 Å². The van der Waals surface area contributed by atoms with Gasteiger partial charge in [0.25, 0.3) is 0 Å². The minimum atomic E-state index is 0.835. The van der Waals surface area contributed by atoms with Crippen LogP contribution in [0.1, 0.15) is 31.0 Å². The first-order chi connectivity index (χ1) is 9.65. The zero-order valence-electron chi connectivity index (χ0n) is 12.8. The lowest BCUT2D eigenvalue weighted by Crippen LogP contribution is -2.36. The molecular formula is C15H25N5. The predicted octanol–water partition coefficient (Wildman–Crippen LogP) is 1.42. The van der Waals surface area contributed by atoms with Crippen LogP contribution in [0.5, 0.6) is 0 Å². The normalized spacial score (nSPS) is 19.9. The van der Waals surface area contributed by atoms with Crippen LogP contribution in [0.2, 0.25) is 0 Å². The van der Waals surface area contributed by atoms with E-state index in [0.717, 1.165) is 50.3 Å². The van der Waals surface area contributed by atoms with Gasteiger partial charge in [0, 0.05) is 52.3 Å². The Bertz CT molecular complexity index is 477. The van der Waals surface area contributed by atoms with Crippen molar-refractivity contribution in [1.29, 1.82) is 0 Å². The third-order valence-corrected chi connectivity index (χ3v) is 4.39. The third-order valence-electron chi connectivity index (χ3n) is 4.39. The molecule has 110 valence electrons. The van der Waals surface area contributed by atoms with Gasteiger partial charge in [-0.1, -0.05) is 6.92 Å². The van der Waals surface area contributed by atoms with E-state index in [2.05, 4.69) is 36.1 Å². The fourth-order valence-corrected chi connectivity index (χ4v) is 3.03. The largest absolute Gasteiger partial charge is 0.362 e. The Balaban J connectivity index is 1.93. The van der Waals surface area contributed by atoms with Gasteiger partial charge >= 0.3 is 0 Å². The summed E-state index contributed by atoms with van der Waals surface area (Å²) in [6, 6.07) is 0. The number of hydrogen-bond donors (Lipinski definition) is 1. The van der Waals surface area contributed by atoms with Crippen LogP contribution >= 0.6 is 0 Å². The molecule has 0 spiro atoms. The van der Waals surface area contributed by atoms with Gasteiger partial charge in [0.2, 0.25) is 5.95 Å². The van der Waals surface area contributed by atoms with Crippen molar-refractivity contribution >= 4 is 11.8 Å². The van der Waals surface area contributed by atoms with E-state index in [-0.39, 0.29) is 0 Å². The van der Waals surface area contributed by atoms with Crippen molar-refractivity contribution in [3.8, 4) is 0 Å². The fourth-order valence-electron chi connectivity index (χ4n) is 3.03. The molecule has 1 aromatic heterocycles. The number of aromatic nitrogens is 2. The van der Waals surface area contributed by atoms with Gasteiger partial charge in [-0.15, -0.1) is 0 Å². The highest BCUT2D eigenvalue weighted by Gasteiger charge is 2.23. The number of nitrogens with zero attached hydrogens (tertiary/aromatic N) is 4. The van der Waals surface area contributed by atoms with Crippen LogP contribution in [0.3, 0.4) is 0 Å². The SMILES string of the molecule is CC1CCN(c2nc3c(c(N(C)C)n2)CNCC3)CC1. The summed E-state index contributed by atoms with van der Waals surface area (Å²) in [6.45, 7) is 6.42. The summed E-state index contributed by atoms with van der Waals surface area (Å²) in [5.74, 6) is 2.85. The molecule has 3 heterocycles. The maximum absolute atomic E-state index is 4.85. The average Bonchev–Trinajstić information content (AvgIpc) is 2.46. The van der Waals surface area contributed by atoms with E-state index in [4.69, 9.17) is 9.97 Å². The van der Waals surface area contributed by atoms with E-state index in [0.29, 0.717) is 0 Å². The van der Waals surface area contributed by atoms with Crippen LogP contribution in [0.15, 0.2) is 0 Å². The first kappa shape index (κ1) is 13.6. The number of piperidine rings is 1. The van der Waals surface area contributed by atoms with Gasteiger partial charge in [-0.2, -0.15) is 4.98 Å². The van der Waals surface area contributed by atoms with Gasteiger partial charge in [0.15, 0.2) is 0 Å². The van der Waals surface area contributed by atoms with Crippen LogP contribution < -0.4 is 15.1 Å². The molecule has 1 fully saturated rings. The number of fused-ring (bicyclic) bond motifs is 1. The molecule has 0 amide bonds. The topological polar surface area (TPSA) is 44.3 Å². The third kappa shape index (κ3) is 2.59. The molecule has 20 heavy (non-hydrogen) atoms. The first-order valence-electron chi connectivity index (χ1n) is 7.68. The van der Waals surface area contributed by atoms with E-state index < -0.39 is 0 Å². The van der Waals surface area contributed by atoms with E-state index in [9.17, 15) is 0 Å². The van der Waals surface area contributed by atoms with Crippen molar-refractivity contribution in [2.45, 2.75) is 32.7 Å². The van der Waals surface area contributed by atoms with Gasteiger partial charge in [0.1, 0.15) is 5.82 Å². The Morgan fingerprint density at radius 3 is 2.65 bits per heavy atom. The molecular weight excluding hydrogens is 250 g/mol. The number of nitrogens with one attached hydrogen (secondary N) is 1. The quantitative estimate of drug-likeness (QED) is 0.884. The predicted molar refractivity (Wildman–Crippen MR) is 82.4 cm³/mol. The number of anilines is 2. The summed E-state index contributed by atoms with van der Waals surface area (Å²) in [6.07, 6.45) is 3.51. The van der Waals surface area contributed by atoms with Crippen LogP contribution in [0.4, 0.5) is 11.8 Å². The lowest BCUT2D eigenvalue weighted by molar-refractivity contribution is 0.434. The molecule has 0 bridgehead atoms. The van der Waals surface area contributed by atoms with Crippen molar-refractivity contribution in [1.82, 2.24) is 15.3 Å². The van der Waals surface area contributed by atoms with Gasteiger partial charge in [0.05, 0.1) is 5.69 Å². The first-order valence-corrected chi connectivity index (χ1v) is 7.68. The van der Waals surface area contributed by atoms with Crippen molar-refractivity contribution in [3.05, 3.63) is 11.3 Å². The Morgan fingerprint density at radius 2 is 1.95 bits per heavy atom. The number of hydrogen-bond acceptors (Lipinski definition) is 5. The summed E-state index contributed by atoms with van der Waals surface area (Å²) in [7, 11) is 4.14. The monoisotopic (exact) mass is 275 g/mol. The maximum atomic E-state index is 4.85. The highest BCUT2D eigenvalue weighted by atomic mass is 15.3. The highest BCUT2D eigenvalue weighted by Crippen LogP contribution is 2.27. The standard InChI is InChI=1S/C15H25N5/c1-11-5-8-20(9-6-11)15-17-13-4-7-16-10-12(13)14(18-15)19(2)3/h11,16H,4-10H2,1-3H3. The van der Waals surface area contributed by atoms with Gasteiger partial charge < -0.3 is 15.1 Å². The number of rotatable bonds is 2.